The van der Waals surface area contributed by atoms with E-state index in [0.717, 1.165) is 36.0 Å². The first-order valence-corrected chi connectivity index (χ1v) is 7.91. The van der Waals surface area contributed by atoms with Crippen LogP contribution in [-0.4, -0.2) is 18.1 Å². The Labute approximate surface area is 125 Å². The normalized spacial score (nSPS) is 10.8. The number of ether oxygens (including phenoxy) is 1. The summed E-state index contributed by atoms with van der Waals surface area (Å²) in [5.74, 6) is 0.942. The average Bonchev–Trinajstić information content (AvgIpc) is 2.88. The third kappa shape index (κ3) is 4.32. The molecule has 0 saturated carbocycles. The zero-order chi connectivity index (χ0) is 14.4. The standard InChI is InChI=1S/C16H22N2OS/c1-4-17-10-14-11-20-16(18-14)7-8-19-15-6-5-12(2)13(3)9-15/h5-6,9,11,17H,4,7-8,10H2,1-3H3. The fraction of sp³-hybridized carbons (Fsp3) is 0.438. The monoisotopic (exact) mass is 290 g/mol. The first kappa shape index (κ1) is 15.0. The molecule has 20 heavy (non-hydrogen) atoms. The summed E-state index contributed by atoms with van der Waals surface area (Å²) in [6.07, 6.45) is 0.865. The Hall–Kier alpha value is -1.39. The molecule has 0 aliphatic rings. The molecule has 0 amide bonds. The van der Waals surface area contributed by atoms with Crippen molar-refractivity contribution in [1.29, 1.82) is 0 Å². The molecule has 1 aromatic heterocycles. The maximum Gasteiger partial charge on any atom is 0.119 e. The second-order valence-corrected chi connectivity index (χ2v) is 5.80. The summed E-state index contributed by atoms with van der Waals surface area (Å²) < 4.78 is 5.79. The van der Waals surface area contributed by atoms with Gasteiger partial charge < -0.3 is 10.1 Å². The number of rotatable bonds is 7. The van der Waals surface area contributed by atoms with Gasteiger partial charge in [-0.2, -0.15) is 0 Å². The fourth-order valence-corrected chi connectivity index (χ4v) is 2.64. The van der Waals surface area contributed by atoms with Crippen molar-refractivity contribution < 1.29 is 4.74 Å². The van der Waals surface area contributed by atoms with Gasteiger partial charge in [0.2, 0.25) is 0 Å². The summed E-state index contributed by atoms with van der Waals surface area (Å²) in [6, 6.07) is 6.22. The molecule has 1 heterocycles. The predicted octanol–water partition coefficient (Wildman–Crippen LogP) is 3.49. The van der Waals surface area contributed by atoms with Crippen LogP contribution in [0.2, 0.25) is 0 Å². The smallest absolute Gasteiger partial charge is 0.119 e. The highest BCUT2D eigenvalue weighted by Crippen LogP contribution is 2.17. The molecule has 0 aliphatic carbocycles. The van der Waals surface area contributed by atoms with E-state index in [2.05, 4.69) is 48.6 Å². The third-order valence-corrected chi connectivity index (χ3v) is 4.18. The number of thiazole rings is 1. The Balaban J connectivity index is 1.80. The van der Waals surface area contributed by atoms with Crippen LogP contribution in [0.25, 0.3) is 0 Å². The van der Waals surface area contributed by atoms with Gasteiger partial charge in [-0.1, -0.05) is 13.0 Å². The largest absolute Gasteiger partial charge is 0.493 e. The van der Waals surface area contributed by atoms with E-state index in [4.69, 9.17) is 4.74 Å². The van der Waals surface area contributed by atoms with Gasteiger partial charge in [-0.25, -0.2) is 4.98 Å². The van der Waals surface area contributed by atoms with Gasteiger partial charge in [-0.3, -0.25) is 0 Å². The molecule has 0 radical (unpaired) electrons. The Morgan fingerprint density at radius 2 is 2.10 bits per heavy atom. The van der Waals surface area contributed by atoms with Crippen LogP contribution in [0.4, 0.5) is 0 Å². The van der Waals surface area contributed by atoms with Crippen LogP contribution in [0.3, 0.4) is 0 Å². The number of nitrogens with one attached hydrogen (secondary N) is 1. The maximum atomic E-state index is 5.79. The van der Waals surface area contributed by atoms with E-state index in [1.165, 1.54) is 11.1 Å². The van der Waals surface area contributed by atoms with Crippen molar-refractivity contribution in [2.45, 2.75) is 33.7 Å². The number of benzene rings is 1. The average molecular weight is 290 g/mol. The van der Waals surface area contributed by atoms with Crippen molar-refractivity contribution >= 4 is 11.3 Å². The lowest BCUT2D eigenvalue weighted by Gasteiger charge is -2.07. The van der Waals surface area contributed by atoms with Crippen LogP contribution in [0.15, 0.2) is 23.6 Å². The van der Waals surface area contributed by atoms with Crippen LogP contribution in [0, 0.1) is 13.8 Å². The first-order chi connectivity index (χ1) is 9.69. The number of hydrogen-bond donors (Lipinski definition) is 1. The zero-order valence-corrected chi connectivity index (χ0v) is 13.2. The molecule has 0 aliphatic heterocycles. The Bertz CT molecular complexity index is 551. The molecule has 0 fully saturated rings. The Morgan fingerprint density at radius 1 is 1.25 bits per heavy atom. The Kier molecular flexibility index (Phi) is 5.56. The lowest BCUT2D eigenvalue weighted by Crippen LogP contribution is -2.12. The van der Waals surface area contributed by atoms with Gasteiger partial charge in [-0.05, 0) is 43.7 Å². The van der Waals surface area contributed by atoms with Crippen LogP contribution in [-0.2, 0) is 13.0 Å². The van der Waals surface area contributed by atoms with Crippen LogP contribution >= 0.6 is 11.3 Å². The number of nitrogens with zero attached hydrogens (tertiary/aromatic N) is 1. The van der Waals surface area contributed by atoms with Crippen molar-refractivity contribution in [3.05, 3.63) is 45.4 Å². The summed E-state index contributed by atoms with van der Waals surface area (Å²) in [5.41, 5.74) is 3.69. The summed E-state index contributed by atoms with van der Waals surface area (Å²) in [7, 11) is 0. The topological polar surface area (TPSA) is 34.1 Å². The predicted molar refractivity (Wildman–Crippen MR) is 84.6 cm³/mol. The zero-order valence-electron chi connectivity index (χ0n) is 12.4. The molecule has 3 nitrogen and oxygen atoms in total. The number of aromatic nitrogens is 1. The third-order valence-electron chi connectivity index (χ3n) is 3.22. The molecule has 1 aromatic carbocycles. The molecule has 108 valence electrons. The molecule has 1 N–H and O–H groups in total. The van der Waals surface area contributed by atoms with Gasteiger partial charge in [0.1, 0.15) is 5.75 Å². The lowest BCUT2D eigenvalue weighted by molar-refractivity contribution is 0.321. The molecule has 0 atom stereocenters. The molecule has 4 heteroatoms. The summed E-state index contributed by atoms with van der Waals surface area (Å²) in [6.45, 7) is 8.83. The van der Waals surface area contributed by atoms with E-state index in [0.29, 0.717) is 6.61 Å². The van der Waals surface area contributed by atoms with Crippen LogP contribution in [0.1, 0.15) is 28.8 Å². The minimum Gasteiger partial charge on any atom is -0.493 e. The SMILES string of the molecule is CCNCc1csc(CCOc2ccc(C)c(C)c2)n1. The highest BCUT2D eigenvalue weighted by Gasteiger charge is 2.03. The van der Waals surface area contributed by atoms with E-state index in [1.807, 2.05) is 6.07 Å². The molecule has 0 bridgehead atoms. The van der Waals surface area contributed by atoms with Crippen LogP contribution in [0.5, 0.6) is 5.75 Å². The van der Waals surface area contributed by atoms with Gasteiger partial charge in [-0.15, -0.1) is 11.3 Å². The second-order valence-electron chi connectivity index (χ2n) is 4.86. The van der Waals surface area contributed by atoms with Gasteiger partial charge >= 0.3 is 0 Å². The van der Waals surface area contributed by atoms with Crippen molar-refractivity contribution in [2.24, 2.45) is 0 Å². The van der Waals surface area contributed by atoms with Crippen molar-refractivity contribution in [3.63, 3.8) is 0 Å². The van der Waals surface area contributed by atoms with E-state index in [1.54, 1.807) is 11.3 Å². The van der Waals surface area contributed by atoms with E-state index in [9.17, 15) is 0 Å². The van der Waals surface area contributed by atoms with Crippen molar-refractivity contribution in [3.8, 4) is 5.75 Å². The summed E-state index contributed by atoms with van der Waals surface area (Å²) in [4.78, 5) is 4.59. The quantitative estimate of drug-likeness (QED) is 0.847. The summed E-state index contributed by atoms with van der Waals surface area (Å²) >= 11 is 1.71. The Morgan fingerprint density at radius 3 is 2.85 bits per heavy atom. The fourth-order valence-electron chi connectivity index (χ4n) is 1.86. The van der Waals surface area contributed by atoms with Gasteiger partial charge in [0.25, 0.3) is 0 Å². The molecular weight excluding hydrogens is 268 g/mol. The van der Waals surface area contributed by atoms with Crippen molar-refractivity contribution in [2.75, 3.05) is 13.2 Å². The summed E-state index contributed by atoms with van der Waals surface area (Å²) in [5, 5.41) is 6.54. The molecule has 0 saturated heterocycles. The van der Waals surface area contributed by atoms with Crippen LogP contribution < -0.4 is 10.1 Å². The number of hydrogen-bond acceptors (Lipinski definition) is 4. The lowest BCUT2D eigenvalue weighted by atomic mass is 10.1. The second kappa shape index (κ2) is 7.41. The molecule has 0 spiro atoms. The maximum absolute atomic E-state index is 5.79. The van der Waals surface area contributed by atoms with Gasteiger partial charge in [0.15, 0.2) is 0 Å². The van der Waals surface area contributed by atoms with E-state index < -0.39 is 0 Å². The van der Waals surface area contributed by atoms with E-state index in [-0.39, 0.29) is 0 Å². The minimum atomic E-state index is 0.677. The molecule has 2 rings (SSSR count). The van der Waals surface area contributed by atoms with Crippen molar-refractivity contribution in [1.82, 2.24) is 10.3 Å². The molecular formula is C16H22N2OS. The minimum absolute atomic E-state index is 0.677. The van der Waals surface area contributed by atoms with Gasteiger partial charge in [0, 0.05) is 18.3 Å². The van der Waals surface area contributed by atoms with E-state index >= 15 is 0 Å². The van der Waals surface area contributed by atoms with Gasteiger partial charge in [0.05, 0.1) is 17.3 Å². The molecule has 2 aromatic rings. The number of aryl methyl sites for hydroxylation is 2. The highest BCUT2D eigenvalue weighted by molar-refractivity contribution is 7.09. The first-order valence-electron chi connectivity index (χ1n) is 7.03. The highest BCUT2D eigenvalue weighted by atomic mass is 32.1. The molecule has 0 unspecified atom stereocenters.